The quantitative estimate of drug-likeness (QED) is 0.166. The Bertz CT molecular complexity index is 4120. The van der Waals surface area contributed by atoms with Crippen LogP contribution in [0.25, 0.3) is 103 Å². The summed E-state index contributed by atoms with van der Waals surface area (Å²) >= 11 is 1.89. The van der Waals surface area contributed by atoms with Crippen LogP contribution in [-0.4, -0.2) is 4.40 Å². The molecule has 10 aromatic carbocycles. The summed E-state index contributed by atoms with van der Waals surface area (Å²) in [6.07, 6.45) is 0. The van der Waals surface area contributed by atoms with Crippen LogP contribution < -0.4 is 4.90 Å². The molecule has 3 heterocycles. The van der Waals surface area contributed by atoms with E-state index in [2.05, 4.69) is 242 Å². The summed E-state index contributed by atoms with van der Waals surface area (Å²) in [5.74, 6) is 0. The fraction of sp³-hybridized carbons (Fsp3) is 0.0476. The topological polar surface area (TPSA) is 20.8 Å². The average molecular weight is 875 g/mol. The standard InChI is InChI=1S/C63H42N2OS/c1-63(2)53-35-43(44-24-33-56-59(36-44)67-62-60(42-16-7-4-8-17-42)51-19-11-12-20-55(51)65(56)62)23-30-49(53)50-31-28-46(37-54(50)63)64(45-26-21-40(22-27-45)39-13-5-3-6-14-39)47-29-32-52-58(38-47)66-57-34-25-41-15-9-10-18-48(41)61(52)57/h3-38H,1-2H3. The van der Waals surface area contributed by atoms with Crippen molar-refractivity contribution in [1.29, 1.82) is 0 Å². The SMILES string of the molecule is CC1(C)c2cc(-c3ccc4c(c3)sc3c(-c5ccccc5)c5ccccc5n34)ccc2-c2ccc(N(c3ccc(-c4ccccc4)cc3)c3ccc4c(c3)oc3ccc5ccccc5c34)cc21. The number of rotatable bonds is 6. The zero-order valence-corrected chi connectivity index (χ0v) is 37.8. The third-order valence-electron chi connectivity index (χ3n) is 14.4. The van der Waals surface area contributed by atoms with E-state index in [1.165, 1.54) is 92.4 Å². The van der Waals surface area contributed by atoms with E-state index in [4.69, 9.17) is 4.42 Å². The normalized spacial score (nSPS) is 13.0. The zero-order chi connectivity index (χ0) is 44.4. The highest BCUT2D eigenvalue weighted by Gasteiger charge is 2.36. The van der Waals surface area contributed by atoms with Crippen LogP contribution in [0.5, 0.6) is 0 Å². The molecule has 0 radical (unpaired) electrons. The summed E-state index contributed by atoms with van der Waals surface area (Å²) in [6, 6.07) is 79.9. The molecule has 0 aliphatic heterocycles. The first-order valence-corrected chi connectivity index (χ1v) is 23.9. The molecular weight excluding hydrogens is 833 g/mol. The van der Waals surface area contributed by atoms with E-state index in [1.54, 1.807) is 0 Å². The van der Waals surface area contributed by atoms with E-state index in [9.17, 15) is 0 Å². The van der Waals surface area contributed by atoms with Gasteiger partial charge < -0.3 is 9.32 Å². The van der Waals surface area contributed by atoms with Gasteiger partial charge in [-0.25, -0.2) is 0 Å². The first-order chi connectivity index (χ1) is 33.0. The van der Waals surface area contributed by atoms with Crippen molar-refractivity contribution in [3.8, 4) is 44.5 Å². The number of furan rings is 1. The number of hydrogen-bond donors (Lipinski definition) is 0. The molecule has 14 rings (SSSR count). The van der Waals surface area contributed by atoms with Gasteiger partial charge in [-0.05, 0) is 128 Å². The number of anilines is 3. The Kier molecular flexibility index (Phi) is 8.20. The van der Waals surface area contributed by atoms with Crippen LogP contribution in [0.1, 0.15) is 25.0 Å². The summed E-state index contributed by atoms with van der Waals surface area (Å²) in [4.78, 5) is 3.67. The molecule has 316 valence electrons. The summed E-state index contributed by atoms with van der Waals surface area (Å²) < 4.78 is 10.4. The van der Waals surface area contributed by atoms with Crippen LogP contribution in [-0.2, 0) is 5.41 Å². The fourth-order valence-electron chi connectivity index (χ4n) is 11.1. The molecule has 3 aromatic heterocycles. The van der Waals surface area contributed by atoms with Crippen molar-refractivity contribution in [2.75, 3.05) is 4.90 Å². The molecule has 0 saturated heterocycles. The third-order valence-corrected chi connectivity index (χ3v) is 15.5. The fourth-order valence-corrected chi connectivity index (χ4v) is 12.4. The van der Waals surface area contributed by atoms with Gasteiger partial charge in [0.2, 0.25) is 0 Å². The first-order valence-electron chi connectivity index (χ1n) is 23.1. The van der Waals surface area contributed by atoms with Crippen LogP contribution >= 0.6 is 11.3 Å². The van der Waals surface area contributed by atoms with E-state index in [0.717, 1.165) is 39.0 Å². The smallest absolute Gasteiger partial charge is 0.137 e. The summed E-state index contributed by atoms with van der Waals surface area (Å²) in [5.41, 5.74) is 20.0. The lowest BCUT2D eigenvalue weighted by Crippen LogP contribution is -2.16. The predicted octanol–water partition coefficient (Wildman–Crippen LogP) is 18.1. The van der Waals surface area contributed by atoms with Gasteiger partial charge in [-0.3, -0.25) is 4.40 Å². The number of benzene rings is 10. The maximum atomic E-state index is 6.65. The lowest BCUT2D eigenvalue weighted by Gasteiger charge is -2.28. The minimum atomic E-state index is -0.239. The molecule has 13 aromatic rings. The van der Waals surface area contributed by atoms with Crippen molar-refractivity contribution in [3.05, 3.63) is 230 Å². The molecule has 1 aliphatic carbocycles. The third kappa shape index (κ3) is 5.76. The van der Waals surface area contributed by atoms with E-state index in [0.29, 0.717) is 0 Å². The predicted molar refractivity (Wildman–Crippen MR) is 284 cm³/mol. The van der Waals surface area contributed by atoms with E-state index >= 15 is 0 Å². The first kappa shape index (κ1) is 38.1. The van der Waals surface area contributed by atoms with Gasteiger partial charge >= 0.3 is 0 Å². The minimum Gasteiger partial charge on any atom is -0.456 e. The molecule has 0 spiro atoms. The van der Waals surface area contributed by atoms with Gasteiger partial charge in [0.1, 0.15) is 16.0 Å². The summed E-state index contributed by atoms with van der Waals surface area (Å²) in [5, 5.41) is 6.00. The number of fused-ring (bicyclic) bond motifs is 13. The molecular formula is C63H42N2OS. The Balaban J connectivity index is 0.867. The number of thiazole rings is 1. The van der Waals surface area contributed by atoms with Gasteiger partial charge in [-0.2, -0.15) is 0 Å². The Morgan fingerprint density at radius 2 is 1.04 bits per heavy atom. The highest BCUT2D eigenvalue weighted by Crippen LogP contribution is 2.52. The van der Waals surface area contributed by atoms with Gasteiger partial charge in [0.25, 0.3) is 0 Å². The molecule has 4 heteroatoms. The maximum absolute atomic E-state index is 6.65. The van der Waals surface area contributed by atoms with Crippen LogP contribution in [0.2, 0.25) is 0 Å². The highest BCUT2D eigenvalue weighted by molar-refractivity contribution is 7.24. The second-order valence-corrected chi connectivity index (χ2v) is 19.5. The van der Waals surface area contributed by atoms with Crippen LogP contribution in [0.3, 0.4) is 0 Å². The Labute approximate surface area is 392 Å². The monoisotopic (exact) mass is 874 g/mol. The van der Waals surface area contributed by atoms with Crippen LogP contribution in [0, 0.1) is 0 Å². The molecule has 0 saturated carbocycles. The van der Waals surface area contributed by atoms with Gasteiger partial charge in [0, 0.05) is 50.3 Å². The Hall–Kier alpha value is -8.18. The number of aromatic nitrogens is 1. The van der Waals surface area contributed by atoms with Gasteiger partial charge in [0.05, 0.1) is 15.7 Å². The molecule has 67 heavy (non-hydrogen) atoms. The maximum Gasteiger partial charge on any atom is 0.137 e. The molecule has 0 unspecified atom stereocenters. The van der Waals surface area contributed by atoms with Crippen molar-refractivity contribution >= 4 is 87.1 Å². The van der Waals surface area contributed by atoms with Crippen molar-refractivity contribution in [2.24, 2.45) is 0 Å². The van der Waals surface area contributed by atoms with Crippen molar-refractivity contribution < 1.29 is 4.42 Å². The van der Waals surface area contributed by atoms with E-state index in [1.807, 2.05) is 11.3 Å². The lowest BCUT2D eigenvalue weighted by atomic mass is 9.81. The molecule has 0 N–H and O–H groups in total. The summed E-state index contributed by atoms with van der Waals surface area (Å²) in [7, 11) is 0. The molecule has 0 amide bonds. The molecule has 1 aliphatic rings. The average Bonchev–Trinajstić information content (AvgIpc) is 4.10. The number of nitrogens with zero attached hydrogens (tertiary/aromatic N) is 2. The van der Waals surface area contributed by atoms with Crippen LogP contribution in [0.15, 0.2) is 223 Å². The number of para-hydroxylation sites is 1. The molecule has 0 fully saturated rings. The molecule has 0 atom stereocenters. The Morgan fingerprint density at radius 3 is 1.87 bits per heavy atom. The largest absolute Gasteiger partial charge is 0.456 e. The zero-order valence-electron chi connectivity index (χ0n) is 37.0. The second kappa shape index (κ2) is 14.4. The Morgan fingerprint density at radius 1 is 0.433 bits per heavy atom. The highest BCUT2D eigenvalue weighted by atomic mass is 32.1. The van der Waals surface area contributed by atoms with Crippen molar-refractivity contribution in [2.45, 2.75) is 19.3 Å². The van der Waals surface area contributed by atoms with Crippen molar-refractivity contribution in [3.63, 3.8) is 0 Å². The summed E-state index contributed by atoms with van der Waals surface area (Å²) in [6.45, 7) is 4.77. The number of hydrogen-bond acceptors (Lipinski definition) is 3. The molecule has 0 bridgehead atoms. The minimum absolute atomic E-state index is 0.239. The van der Waals surface area contributed by atoms with Gasteiger partial charge in [0.15, 0.2) is 0 Å². The van der Waals surface area contributed by atoms with Crippen molar-refractivity contribution in [1.82, 2.24) is 4.40 Å². The lowest BCUT2D eigenvalue weighted by molar-refractivity contribution is 0.660. The van der Waals surface area contributed by atoms with Crippen LogP contribution in [0.4, 0.5) is 17.1 Å². The second-order valence-electron chi connectivity index (χ2n) is 18.5. The van der Waals surface area contributed by atoms with E-state index < -0.39 is 0 Å². The van der Waals surface area contributed by atoms with E-state index in [-0.39, 0.29) is 5.41 Å². The molecule has 3 nitrogen and oxygen atoms in total. The van der Waals surface area contributed by atoms with Gasteiger partial charge in [-0.1, -0.05) is 159 Å². The van der Waals surface area contributed by atoms with Gasteiger partial charge in [-0.15, -0.1) is 11.3 Å².